The van der Waals surface area contributed by atoms with Crippen LogP contribution in [0.3, 0.4) is 0 Å². The number of aliphatic hydroxyl groups is 4. The van der Waals surface area contributed by atoms with E-state index in [9.17, 15) is 39.9 Å². The second-order valence-electron chi connectivity index (χ2n) is 11.0. The standard InChI is InChI=1S/C28H45N3O13/c1-6-8-9-29-21(34)14-42-30-11-19-22(31-17(5)32)18(33)10-28(44-19,27(38)39)41-13-20-23(35)24(36)25(37)26(43-20)40-12-16(4)15(3)7-2/h1,11,15-16,18-20,22-26,33,35-37H,7-10,12-14H2,2-5H3,(H,29,34)(H,31,32)(H,38,39)/b30-11+/t15?,16?,18?,19-,20?,22?,23?,24-,25?,26?,28?/m1/s1. The molecule has 11 atom stereocenters. The second-order valence-corrected chi connectivity index (χ2v) is 11.0. The second kappa shape index (κ2) is 17.6. The van der Waals surface area contributed by atoms with Crippen molar-refractivity contribution in [3.05, 3.63) is 0 Å². The summed E-state index contributed by atoms with van der Waals surface area (Å²) in [5.74, 6) is -2.54. The van der Waals surface area contributed by atoms with Crippen LogP contribution in [0.4, 0.5) is 0 Å². The van der Waals surface area contributed by atoms with Crippen molar-refractivity contribution in [3.8, 4) is 12.3 Å². The van der Waals surface area contributed by atoms with E-state index in [-0.39, 0.29) is 19.1 Å². The average Bonchev–Trinajstić information content (AvgIpc) is 2.98. The molecule has 7 N–H and O–H groups in total. The molecule has 0 aromatic heterocycles. The summed E-state index contributed by atoms with van der Waals surface area (Å²) in [7, 11) is 0. The maximum atomic E-state index is 12.4. The molecule has 9 unspecified atom stereocenters. The van der Waals surface area contributed by atoms with Gasteiger partial charge in [-0.3, -0.25) is 9.59 Å². The van der Waals surface area contributed by atoms with Crippen molar-refractivity contribution in [2.75, 3.05) is 26.4 Å². The number of carboxylic acids is 1. The zero-order valence-corrected chi connectivity index (χ0v) is 25.3. The van der Waals surface area contributed by atoms with Gasteiger partial charge < -0.3 is 60.0 Å². The molecule has 44 heavy (non-hydrogen) atoms. The lowest BCUT2D eigenvalue weighted by atomic mass is 9.93. The highest BCUT2D eigenvalue weighted by Crippen LogP contribution is 2.33. The van der Waals surface area contributed by atoms with Gasteiger partial charge in [-0.1, -0.05) is 32.3 Å². The third kappa shape index (κ3) is 10.3. The molecule has 0 spiro atoms. The minimum absolute atomic E-state index is 0.0869. The van der Waals surface area contributed by atoms with Gasteiger partial charge >= 0.3 is 5.97 Å². The predicted molar refractivity (Wildman–Crippen MR) is 152 cm³/mol. The zero-order valence-electron chi connectivity index (χ0n) is 25.3. The maximum Gasteiger partial charge on any atom is 0.364 e. The van der Waals surface area contributed by atoms with Gasteiger partial charge in [-0.25, -0.2) is 4.79 Å². The van der Waals surface area contributed by atoms with Crippen LogP contribution in [0.25, 0.3) is 0 Å². The Bertz CT molecular complexity index is 1020. The van der Waals surface area contributed by atoms with Crippen molar-refractivity contribution in [3.63, 3.8) is 0 Å². The highest BCUT2D eigenvalue weighted by atomic mass is 16.7. The van der Waals surface area contributed by atoms with E-state index in [0.717, 1.165) is 12.6 Å². The van der Waals surface area contributed by atoms with Crippen LogP contribution < -0.4 is 10.6 Å². The molecule has 2 aliphatic heterocycles. The number of hydrogen-bond donors (Lipinski definition) is 7. The molecule has 16 heteroatoms. The van der Waals surface area contributed by atoms with E-state index in [1.165, 1.54) is 6.92 Å². The molecule has 0 radical (unpaired) electrons. The number of terminal acetylenes is 1. The number of oxime groups is 1. The van der Waals surface area contributed by atoms with E-state index in [2.05, 4.69) is 21.7 Å². The van der Waals surface area contributed by atoms with Crippen LogP contribution >= 0.6 is 0 Å². The number of amides is 2. The number of hydrogen-bond acceptors (Lipinski definition) is 13. The molecule has 16 nitrogen and oxygen atoms in total. The van der Waals surface area contributed by atoms with E-state index in [4.69, 9.17) is 30.2 Å². The highest BCUT2D eigenvalue weighted by Gasteiger charge is 2.54. The third-order valence-corrected chi connectivity index (χ3v) is 7.63. The SMILES string of the molecule is C#CCCNC(=O)CO/N=C/[C@H]1OC(OCC2OC(OCC(C)C(C)CC)C(O)[C@H](O)C2O)(C(=O)O)CC(O)C1NC(C)=O. The van der Waals surface area contributed by atoms with Crippen molar-refractivity contribution in [2.24, 2.45) is 17.0 Å². The smallest absolute Gasteiger partial charge is 0.364 e. The molecule has 2 amide bonds. The van der Waals surface area contributed by atoms with Crippen molar-refractivity contribution >= 4 is 24.0 Å². The lowest BCUT2D eigenvalue weighted by Gasteiger charge is -2.45. The Morgan fingerprint density at radius 3 is 2.48 bits per heavy atom. The summed E-state index contributed by atoms with van der Waals surface area (Å²) in [6.45, 7) is 6.41. The Balaban J connectivity index is 2.16. The lowest BCUT2D eigenvalue weighted by Crippen LogP contribution is -2.65. The molecule has 2 fully saturated rings. The van der Waals surface area contributed by atoms with Gasteiger partial charge in [0.05, 0.1) is 31.6 Å². The van der Waals surface area contributed by atoms with Gasteiger partial charge in [0.25, 0.3) is 11.7 Å². The average molecular weight is 632 g/mol. The van der Waals surface area contributed by atoms with Gasteiger partial charge in [0.15, 0.2) is 12.9 Å². The van der Waals surface area contributed by atoms with E-state index in [1.807, 2.05) is 20.8 Å². The molecule has 0 saturated carbocycles. The van der Waals surface area contributed by atoms with Crippen LogP contribution in [0.5, 0.6) is 0 Å². The number of aliphatic hydroxyl groups excluding tert-OH is 4. The summed E-state index contributed by atoms with van der Waals surface area (Å²) in [6.07, 6.45) is -4.06. The molecule has 2 saturated heterocycles. The Morgan fingerprint density at radius 2 is 1.86 bits per heavy atom. The maximum absolute atomic E-state index is 12.4. The minimum Gasteiger partial charge on any atom is -0.477 e. The fraction of sp³-hybridized carbons (Fsp3) is 0.786. The molecule has 0 aromatic carbocycles. The highest BCUT2D eigenvalue weighted by molar-refractivity contribution is 5.79. The summed E-state index contributed by atoms with van der Waals surface area (Å²) >= 11 is 0. The Kier molecular flexibility index (Phi) is 14.9. The molecule has 250 valence electrons. The van der Waals surface area contributed by atoms with Crippen LogP contribution in [0.15, 0.2) is 5.16 Å². The lowest BCUT2D eigenvalue weighted by molar-refractivity contribution is -0.329. The predicted octanol–water partition coefficient (Wildman–Crippen LogP) is -1.91. The minimum atomic E-state index is -2.54. The van der Waals surface area contributed by atoms with Crippen molar-refractivity contribution < 1.29 is 63.7 Å². The third-order valence-electron chi connectivity index (χ3n) is 7.63. The topological polar surface area (TPSA) is 235 Å². The van der Waals surface area contributed by atoms with E-state index < -0.39 is 92.2 Å². The van der Waals surface area contributed by atoms with Gasteiger partial charge in [-0.05, 0) is 11.8 Å². The first kappa shape index (κ1) is 37.3. The fourth-order valence-electron chi connectivity index (χ4n) is 4.54. The summed E-state index contributed by atoms with van der Waals surface area (Å²) in [5, 5.41) is 60.9. The van der Waals surface area contributed by atoms with Gasteiger partial charge in [-0.15, -0.1) is 12.3 Å². The van der Waals surface area contributed by atoms with E-state index >= 15 is 0 Å². The van der Waals surface area contributed by atoms with Gasteiger partial charge in [0.1, 0.15) is 30.5 Å². The number of nitrogens with one attached hydrogen (secondary N) is 2. The number of aliphatic carboxylic acids is 1. The van der Waals surface area contributed by atoms with Gasteiger partial charge in [0.2, 0.25) is 5.91 Å². The Morgan fingerprint density at radius 1 is 1.16 bits per heavy atom. The summed E-state index contributed by atoms with van der Waals surface area (Å²) in [5.41, 5.74) is 0. The van der Waals surface area contributed by atoms with Crippen molar-refractivity contribution in [1.82, 2.24) is 10.6 Å². The fourth-order valence-corrected chi connectivity index (χ4v) is 4.54. The molecular weight excluding hydrogens is 586 g/mol. The molecule has 2 rings (SSSR count). The molecule has 2 aliphatic rings. The largest absolute Gasteiger partial charge is 0.477 e. The molecule has 0 aliphatic carbocycles. The van der Waals surface area contributed by atoms with Gasteiger partial charge in [-0.2, -0.15) is 0 Å². The summed E-state index contributed by atoms with van der Waals surface area (Å²) in [4.78, 5) is 40.9. The Labute approximate surface area is 256 Å². The quantitative estimate of drug-likeness (QED) is 0.0427. The molecule has 0 aromatic rings. The monoisotopic (exact) mass is 631 g/mol. The van der Waals surface area contributed by atoms with Crippen LogP contribution in [-0.4, -0.2) is 131 Å². The first-order chi connectivity index (χ1) is 20.8. The van der Waals surface area contributed by atoms with Crippen molar-refractivity contribution in [1.29, 1.82) is 0 Å². The van der Waals surface area contributed by atoms with E-state index in [1.54, 1.807) is 0 Å². The number of carbonyl (C=O) groups is 3. The Hall–Kier alpha value is -2.88. The van der Waals surface area contributed by atoms with Crippen molar-refractivity contribution in [2.45, 2.75) is 102 Å². The normalized spacial score (nSPS) is 33.6. The molecular formula is C28H45N3O13. The summed E-state index contributed by atoms with van der Waals surface area (Å²) in [6, 6.07) is -1.18. The van der Waals surface area contributed by atoms with E-state index in [0.29, 0.717) is 12.3 Å². The summed E-state index contributed by atoms with van der Waals surface area (Å²) < 4.78 is 22.6. The van der Waals surface area contributed by atoms with Crippen LogP contribution in [-0.2, 0) is 38.2 Å². The van der Waals surface area contributed by atoms with Crippen LogP contribution in [0, 0.1) is 24.2 Å². The van der Waals surface area contributed by atoms with Crippen LogP contribution in [0.2, 0.25) is 0 Å². The first-order valence-electron chi connectivity index (χ1n) is 14.4. The molecule has 2 heterocycles. The zero-order chi connectivity index (χ0) is 33.0. The first-order valence-corrected chi connectivity index (χ1v) is 14.4. The number of carboxylic acid groups (broad SMARTS) is 1. The number of rotatable bonds is 16. The van der Waals surface area contributed by atoms with Crippen LogP contribution in [0.1, 0.15) is 47.0 Å². The number of ether oxygens (including phenoxy) is 4. The van der Waals surface area contributed by atoms with Gasteiger partial charge in [0, 0.05) is 26.3 Å². The molecule has 0 bridgehead atoms. The number of carbonyl (C=O) groups excluding carboxylic acids is 2. The number of nitrogens with zero attached hydrogens (tertiary/aromatic N) is 1.